The van der Waals surface area contributed by atoms with Crippen molar-refractivity contribution in [3.05, 3.63) is 34.9 Å². The summed E-state index contributed by atoms with van der Waals surface area (Å²) in [6, 6.07) is 7.40. The summed E-state index contributed by atoms with van der Waals surface area (Å²) >= 11 is 5.82. The van der Waals surface area contributed by atoms with Gasteiger partial charge in [-0.05, 0) is 24.2 Å². The lowest BCUT2D eigenvalue weighted by Crippen LogP contribution is -2.46. The Morgan fingerprint density at radius 3 is 2.83 bits per heavy atom. The molecule has 2 rings (SSSR count). The third-order valence-electron chi connectivity index (χ3n) is 3.25. The summed E-state index contributed by atoms with van der Waals surface area (Å²) in [4.78, 5) is 14.4. The van der Waals surface area contributed by atoms with E-state index in [9.17, 15) is 4.79 Å². The minimum Gasteiger partial charge on any atom is -0.368 e. The standard InChI is InChI=1S/C14H18ClNO2/c1-2-16-7-8-18-14(10-16)13(17)9-11-3-5-12(15)6-4-11/h3-6,14H,2,7-10H2,1H3. The first-order valence-electron chi connectivity index (χ1n) is 6.30. The van der Waals surface area contributed by atoms with Crippen molar-refractivity contribution in [3.8, 4) is 0 Å². The highest BCUT2D eigenvalue weighted by molar-refractivity contribution is 6.30. The number of hydrogen-bond acceptors (Lipinski definition) is 3. The second-order valence-electron chi connectivity index (χ2n) is 4.52. The van der Waals surface area contributed by atoms with Gasteiger partial charge >= 0.3 is 0 Å². The summed E-state index contributed by atoms with van der Waals surface area (Å²) in [6.45, 7) is 5.34. The molecule has 1 atom stereocenters. The van der Waals surface area contributed by atoms with Gasteiger partial charge in [-0.1, -0.05) is 30.7 Å². The molecule has 1 saturated heterocycles. The molecule has 0 spiro atoms. The van der Waals surface area contributed by atoms with Crippen LogP contribution in [0, 0.1) is 0 Å². The smallest absolute Gasteiger partial charge is 0.167 e. The van der Waals surface area contributed by atoms with E-state index >= 15 is 0 Å². The van der Waals surface area contributed by atoms with E-state index in [0.717, 1.165) is 18.7 Å². The molecule has 0 radical (unpaired) electrons. The van der Waals surface area contributed by atoms with E-state index in [1.807, 2.05) is 24.3 Å². The van der Waals surface area contributed by atoms with Gasteiger partial charge in [0.2, 0.25) is 0 Å². The van der Waals surface area contributed by atoms with Gasteiger partial charge in [0.25, 0.3) is 0 Å². The summed E-state index contributed by atoms with van der Waals surface area (Å²) in [6.07, 6.45) is 0.133. The lowest BCUT2D eigenvalue weighted by molar-refractivity contribution is -0.135. The number of ketones is 1. The van der Waals surface area contributed by atoms with Crippen LogP contribution in [0.25, 0.3) is 0 Å². The second-order valence-corrected chi connectivity index (χ2v) is 4.96. The molecule has 1 heterocycles. The van der Waals surface area contributed by atoms with Crippen LogP contribution >= 0.6 is 11.6 Å². The van der Waals surface area contributed by atoms with Crippen molar-refractivity contribution in [2.24, 2.45) is 0 Å². The first-order valence-corrected chi connectivity index (χ1v) is 6.68. The average Bonchev–Trinajstić information content (AvgIpc) is 2.41. The Balaban J connectivity index is 1.93. The molecule has 1 aliphatic heterocycles. The van der Waals surface area contributed by atoms with E-state index in [1.165, 1.54) is 0 Å². The van der Waals surface area contributed by atoms with E-state index in [-0.39, 0.29) is 11.9 Å². The number of nitrogens with zero attached hydrogens (tertiary/aromatic N) is 1. The molecule has 1 unspecified atom stereocenters. The summed E-state index contributed by atoms with van der Waals surface area (Å²) < 4.78 is 5.55. The highest BCUT2D eigenvalue weighted by atomic mass is 35.5. The lowest BCUT2D eigenvalue weighted by Gasteiger charge is -2.31. The molecule has 0 saturated carbocycles. The largest absolute Gasteiger partial charge is 0.368 e. The normalized spacial score (nSPS) is 20.9. The molecule has 0 aliphatic carbocycles. The van der Waals surface area contributed by atoms with Gasteiger partial charge in [-0.3, -0.25) is 9.69 Å². The first-order chi connectivity index (χ1) is 8.69. The number of rotatable bonds is 4. The zero-order valence-corrected chi connectivity index (χ0v) is 11.3. The van der Waals surface area contributed by atoms with E-state index in [1.54, 1.807) is 0 Å². The summed E-state index contributed by atoms with van der Waals surface area (Å²) in [5.74, 6) is 0.149. The molecule has 98 valence electrons. The number of carbonyl (C=O) groups excluding carboxylic acids is 1. The fraction of sp³-hybridized carbons (Fsp3) is 0.500. The third-order valence-corrected chi connectivity index (χ3v) is 3.50. The fourth-order valence-corrected chi connectivity index (χ4v) is 2.23. The monoisotopic (exact) mass is 267 g/mol. The molecular weight excluding hydrogens is 250 g/mol. The van der Waals surface area contributed by atoms with Crippen LogP contribution in [0.4, 0.5) is 0 Å². The van der Waals surface area contributed by atoms with Gasteiger partial charge in [0.15, 0.2) is 5.78 Å². The predicted molar refractivity (Wildman–Crippen MR) is 72.0 cm³/mol. The Kier molecular flexibility index (Phi) is 4.75. The quantitative estimate of drug-likeness (QED) is 0.837. The summed E-state index contributed by atoms with van der Waals surface area (Å²) in [5.41, 5.74) is 0.988. The first kappa shape index (κ1) is 13.5. The van der Waals surface area contributed by atoms with Gasteiger partial charge in [-0.25, -0.2) is 0 Å². The number of halogens is 1. The molecule has 18 heavy (non-hydrogen) atoms. The number of likely N-dealkylation sites (N-methyl/N-ethyl adjacent to an activating group) is 1. The molecule has 1 fully saturated rings. The van der Waals surface area contributed by atoms with Gasteiger partial charge in [-0.15, -0.1) is 0 Å². The Labute approximate surface area is 113 Å². The van der Waals surface area contributed by atoms with Crippen LogP contribution < -0.4 is 0 Å². The van der Waals surface area contributed by atoms with Crippen molar-refractivity contribution < 1.29 is 9.53 Å². The van der Waals surface area contributed by atoms with Crippen molar-refractivity contribution in [1.29, 1.82) is 0 Å². The van der Waals surface area contributed by atoms with E-state index < -0.39 is 0 Å². The zero-order valence-electron chi connectivity index (χ0n) is 10.6. The minimum absolute atomic E-state index is 0.149. The Hall–Kier alpha value is -0.900. The molecule has 1 aromatic rings. The number of carbonyl (C=O) groups is 1. The molecule has 1 aromatic carbocycles. The molecule has 0 aromatic heterocycles. The molecule has 0 N–H and O–H groups in total. The van der Waals surface area contributed by atoms with Crippen molar-refractivity contribution in [2.45, 2.75) is 19.4 Å². The number of benzene rings is 1. The van der Waals surface area contributed by atoms with Crippen molar-refractivity contribution >= 4 is 17.4 Å². The highest BCUT2D eigenvalue weighted by Crippen LogP contribution is 2.13. The van der Waals surface area contributed by atoms with Crippen LogP contribution in [0.5, 0.6) is 0 Å². The van der Waals surface area contributed by atoms with Crippen molar-refractivity contribution in [1.82, 2.24) is 4.90 Å². The number of ether oxygens (including phenoxy) is 1. The summed E-state index contributed by atoms with van der Waals surface area (Å²) in [5, 5.41) is 0.692. The number of morpholine rings is 1. The number of hydrogen-bond donors (Lipinski definition) is 0. The van der Waals surface area contributed by atoms with Crippen molar-refractivity contribution in [2.75, 3.05) is 26.2 Å². The maximum atomic E-state index is 12.1. The Morgan fingerprint density at radius 1 is 1.44 bits per heavy atom. The van der Waals surface area contributed by atoms with E-state index in [2.05, 4.69) is 11.8 Å². The minimum atomic E-state index is -0.283. The van der Waals surface area contributed by atoms with E-state index in [4.69, 9.17) is 16.3 Å². The topological polar surface area (TPSA) is 29.5 Å². The molecule has 1 aliphatic rings. The Morgan fingerprint density at radius 2 is 2.17 bits per heavy atom. The van der Waals surface area contributed by atoms with Crippen LogP contribution in [0.3, 0.4) is 0 Å². The van der Waals surface area contributed by atoms with Crippen LogP contribution in [0.15, 0.2) is 24.3 Å². The highest BCUT2D eigenvalue weighted by Gasteiger charge is 2.25. The van der Waals surface area contributed by atoms with Gasteiger partial charge in [0.1, 0.15) is 6.10 Å². The Bertz CT molecular complexity index is 405. The maximum absolute atomic E-state index is 12.1. The lowest BCUT2D eigenvalue weighted by atomic mass is 10.0. The predicted octanol–water partition coefficient (Wildman–Crippen LogP) is 2.17. The molecule has 0 bridgehead atoms. The fourth-order valence-electron chi connectivity index (χ4n) is 2.10. The molecular formula is C14H18ClNO2. The second kappa shape index (κ2) is 6.32. The van der Waals surface area contributed by atoms with Gasteiger partial charge in [0, 0.05) is 24.5 Å². The van der Waals surface area contributed by atoms with Gasteiger partial charge < -0.3 is 4.74 Å². The maximum Gasteiger partial charge on any atom is 0.167 e. The van der Waals surface area contributed by atoms with Crippen LogP contribution in [0.2, 0.25) is 5.02 Å². The van der Waals surface area contributed by atoms with Crippen LogP contribution in [-0.4, -0.2) is 43.0 Å². The molecule has 3 nitrogen and oxygen atoms in total. The SMILES string of the molecule is CCN1CCOC(C(=O)Cc2ccc(Cl)cc2)C1. The van der Waals surface area contributed by atoms with Crippen molar-refractivity contribution in [3.63, 3.8) is 0 Å². The van der Waals surface area contributed by atoms with E-state index in [0.29, 0.717) is 24.6 Å². The van der Waals surface area contributed by atoms with Gasteiger partial charge in [0.05, 0.1) is 6.61 Å². The summed E-state index contributed by atoms with van der Waals surface area (Å²) in [7, 11) is 0. The zero-order chi connectivity index (χ0) is 13.0. The van der Waals surface area contributed by atoms with Crippen LogP contribution in [-0.2, 0) is 16.0 Å². The third kappa shape index (κ3) is 3.55. The average molecular weight is 268 g/mol. The molecule has 0 amide bonds. The number of Topliss-reactive ketones (excluding diaryl/α,β-unsaturated/α-hetero) is 1. The van der Waals surface area contributed by atoms with Gasteiger partial charge in [-0.2, -0.15) is 0 Å². The van der Waals surface area contributed by atoms with Crippen LogP contribution in [0.1, 0.15) is 12.5 Å². The molecule has 4 heteroatoms.